The van der Waals surface area contributed by atoms with E-state index >= 15 is 0 Å². The van der Waals surface area contributed by atoms with Crippen molar-refractivity contribution < 1.29 is 21.9 Å². The minimum Gasteiger partial charge on any atom is -0.487 e. The summed E-state index contributed by atoms with van der Waals surface area (Å²) in [6.45, 7) is 4.17. The summed E-state index contributed by atoms with van der Waals surface area (Å²) in [7, 11) is -3.84. The summed E-state index contributed by atoms with van der Waals surface area (Å²) in [6.07, 6.45) is 5.01. The number of nitrogens with zero attached hydrogens (tertiary/aromatic N) is 6. The predicted octanol–water partition coefficient (Wildman–Crippen LogP) is 2.25. The fraction of sp³-hybridized carbons (Fsp3) is 0.435. The topological polar surface area (TPSA) is 119 Å². The summed E-state index contributed by atoms with van der Waals surface area (Å²) in [5.74, 6) is -0.635. The first-order chi connectivity index (χ1) is 17.2. The first-order valence-electron chi connectivity index (χ1n) is 11.8. The molecule has 0 atom stereocenters. The highest BCUT2D eigenvalue weighted by Gasteiger charge is 2.30. The van der Waals surface area contributed by atoms with Gasteiger partial charge >= 0.3 is 0 Å². The summed E-state index contributed by atoms with van der Waals surface area (Å²) in [5.41, 5.74) is 2.71. The molecule has 1 saturated heterocycles. The second-order valence-electron chi connectivity index (χ2n) is 8.88. The molecule has 5 rings (SSSR count). The van der Waals surface area contributed by atoms with Crippen molar-refractivity contribution in [3.63, 3.8) is 0 Å². The molecular weight excluding hydrogens is 492 g/mol. The Morgan fingerprint density at radius 3 is 2.58 bits per heavy atom. The number of benzene rings is 1. The van der Waals surface area contributed by atoms with Crippen LogP contribution in [0.15, 0.2) is 30.6 Å². The van der Waals surface area contributed by atoms with Crippen molar-refractivity contribution in [3.8, 4) is 17.0 Å². The molecule has 0 aliphatic carbocycles. The van der Waals surface area contributed by atoms with Crippen LogP contribution in [0.5, 0.6) is 5.75 Å². The zero-order valence-corrected chi connectivity index (χ0v) is 20.6. The van der Waals surface area contributed by atoms with E-state index in [1.165, 1.54) is 16.4 Å². The molecular formula is C23H27F2N7O3S. The van der Waals surface area contributed by atoms with Gasteiger partial charge in [0.1, 0.15) is 17.6 Å². The average molecular weight is 520 g/mol. The van der Waals surface area contributed by atoms with Gasteiger partial charge in [-0.05, 0) is 19.1 Å². The van der Waals surface area contributed by atoms with Gasteiger partial charge in [0.2, 0.25) is 0 Å². The van der Waals surface area contributed by atoms with Crippen LogP contribution in [0.4, 0.5) is 14.6 Å². The van der Waals surface area contributed by atoms with Crippen LogP contribution in [0.3, 0.4) is 0 Å². The van der Waals surface area contributed by atoms with Crippen LogP contribution in [0.1, 0.15) is 31.2 Å². The quantitative estimate of drug-likeness (QED) is 0.531. The second kappa shape index (κ2) is 9.71. The van der Waals surface area contributed by atoms with Crippen molar-refractivity contribution in [2.45, 2.75) is 45.4 Å². The molecule has 2 aliphatic rings. The number of hydrogen-bond donors (Lipinski definition) is 1. The number of nitrogens with two attached hydrogens (primary N) is 1. The SMILES string of the molecule is CCn1cc(-c2nc3c(nc2N2CCC(Oc4ccc(F)cc4F)CC2)CCN(S(N)(=O)=O)C3)cn1. The summed E-state index contributed by atoms with van der Waals surface area (Å²) < 4.78 is 59.8. The predicted molar refractivity (Wildman–Crippen MR) is 128 cm³/mol. The number of anilines is 1. The summed E-state index contributed by atoms with van der Waals surface area (Å²) >= 11 is 0. The molecule has 2 aromatic heterocycles. The van der Waals surface area contributed by atoms with Crippen molar-refractivity contribution in [1.82, 2.24) is 24.1 Å². The van der Waals surface area contributed by atoms with Crippen LogP contribution >= 0.6 is 0 Å². The lowest BCUT2D eigenvalue weighted by atomic mass is 10.1. The first-order valence-corrected chi connectivity index (χ1v) is 13.3. The lowest BCUT2D eigenvalue weighted by Gasteiger charge is -2.34. The van der Waals surface area contributed by atoms with E-state index in [9.17, 15) is 17.2 Å². The normalized spacial score (nSPS) is 17.3. The molecule has 10 nitrogen and oxygen atoms in total. The van der Waals surface area contributed by atoms with E-state index in [-0.39, 0.29) is 24.9 Å². The Morgan fingerprint density at radius 2 is 1.92 bits per heavy atom. The Balaban J connectivity index is 1.40. The van der Waals surface area contributed by atoms with Crippen LogP contribution in [-0.4, -0.2) is 58.2 Å². The maximum atomic E-state index is 14.0. The molecule has 3 aromatic rings. The molecule has 36 heavy (non-hydrogen) atoms. The number of aryl methyl sites for hydroxylation is 1. The molecule has 13 heteroatoms. The maximum Gasteiger partial charge on any atom is 0.277 e. The number of piperidine rings is 1. The van der Waals surface area contributed by atoms with Crippen LogP contribution in [-0.2, 0) is 29.7 Å². The van der Waals surface area contributed by atoms with Crippen molar-refractivity contribution in [2.75, 3.05) is 24.5 Å². The number of rotatable bonds is 6. The summed E-state index contributed by atoms with van der Waals surface area (Å²) in [4.78, 5) is 11.9. The Bertz CT molecular complexity index is 1370. The largest absolute Gasteiger partial charge is 0.487 e. The van der Waals surface area contributed by atoms with E-state index in [1.54, 1.807) is 10.9 Å². The average Bonchev–Trinajstić information content (AvgIpc) is 3.34. The molecule has 192 valence electrons. The third kappa shape index (κ3) is 5.04. The fourth-order valence-electron chi connectivity index (χ4n) is 4.52. The van der Waals surface area contributed by atoms with E-state index in [4.69, 9.17) is 19.8 Å². The molecule has 1 aromatic carbocycles. The molecule has 4 heterocycles. The number of fused-ring (bicyclic) bond motifs is 1. The molecule has 0 amide bonds. The van der Waals surface area contributed by atoms with Crippen LogP contribution < -0.4 is 14.8 Å². The van der Waals surface area contributed by atoms with E-state index in [2.05, 4.69) is 10.00 Å². The minimum absolute atomic E-state index is 0.0375. The van der Waals surface area contributed by atoms with Crippen molar-refractivity contribution >= 4 is 16.0 Å². The van der Waals surface area contributed by atoms with Gasteiger partial charge < -0.3 is 9.64 Å². The van der Waals surface area contributed by atoms with Crippen LogP contribution in [0, 0.1) is 11.6 Å². The molecule has 2 N–H and O–H groups in total. The Labute approximate surface area is 207 Å². The van der Waals surface area contributed by atoms with Gasteiger partial charge in [0.25, 0.3) is 10.2 Å². The monoisotopic (exact) mass is 519 g/mol. The smallest absolute Gasteiger partial charge is 0.277 e. The highest BCUT2D eigenvalue weighted by Crippen LogP contribution is 2.33. The summed E-state index contributed by atoms with van der Waals surface area (Å²) in [6, 6.07) is 3.29. The van der Waals surface area contributed by atoms with Gasteiger partial charge in [-0.1, -0.05) is 0 Å². The van der Waals surface area contributed by atoms with Gasteiger partial charge in [-0.2, -0.15) is 17.8 Å². The number of halogens is 2. The zero-order chi connectivity index (χ0) is 25.4. The molecule has 0 radical (unpaired) electrons. The Morgan fingerprint density at radius 1 is 1.14 bits per heavy atom. The molecule has 2 aliphatic heterocycles. The Hall–Kier alpha value is -3.16. The van der Waals surface area contributed by atoms with Crippen LogP contribution in [0.25, 0.3) is 11.3 Å². The highest BCUT2D eigenvalue weighted by molar-refractivity contribution is 7.86. The van der Waals surface area contributed by atoms with Crippen LogP contribution in [0.2, 0.25) is 0 Å². The third-order valence-electron chi connectivity index (χ3n) is 6.48. The van der Waals surface area contributed by atoms with Crippen molar-refractivity contribution in [1.29, 1.82) is 0 Å². The highest BCUT2D eigenvalue weighted by atomic mass is 32.2. The van der Waals surface area contributed by atoms with Crippen molar-refractivity contribution in [3.05, 3.63) is 53.6 Å². The van der Waals surface area contributed by atoms with E-state index in [0.29, 0.717) is 56.1 Å². The standard InChI is InChI=1S/C23H27F2N7O3S/c1-2-31-13-15(12-27-31)22-23(29-19-7-10-32(36(26,33)34)14-20(19)28-22)30-8-5-17(6-9-30)35-21-4-3-16(24)11-18(21)25/h3-4,11-13,17H,2,5-10,14H2,1H3,(H2,26,33,34). The zero-order valence-electron chi connectivity index (χ0n) is 19.8. The molecule has 0 saturated carbocycles. The fourth-order valence-corrected chi connectivity index (χ4v) is 5.17. The lowest BCUT2D eigenvalue weighted by molar-refractivity contribution is 0.163. The van der Waals surface area contributed by atoms with Gasteiger partial charge in [0.05, 0.1) is 24.1 Å². The molecule has 1 fully saturated rings. The van der Waals surface area contributed by atoms with Gasteiger partial charge in [-0.3, -0.25) is 4.68 Å². The van der Waals surface area contributed by atoms with E-state index < -0.39 is 21.8 Å². The minimum atomic E-state index is -3.84. The van der Waals surface area contributed by atoms with E-state index in [1.807, 2.05) is 13.1 Å². The number of ether oxygens (including phenoxy) is 1. The van der Waals surface area contributed by atoms with Crippen molar-refractivity contribution in [2.24, 2.45) is 5.14 Å². The third-order valence-corrected chi connectivity index (χ3v) is 7.51. The molecule has 0 bridgehead atoms. The number of aromatic nitrogens is 4. The Kier molecular flexibility index (Phi) is 6.62. The number of hydrogen-bond acceptors (Lipinski definition) is 7. The maximum absolute atomic E-state index is 14.0. The van der Waals surface area contributed by atoms with Gasteiger partial charge in [-0.15, -0.1) is 0 Å². The molecule has 0 spiro atoms. The van der Waals surface area contributed by atoms with Gasteiger partial charge in [-0.25, -0.2) is 23.9 Å². The second-order valence-corrected chi connectivity index (χ2v) is 10.4. The lowest BCUT2D eigenvalue weighted by Crippen LogP contribution is -2.42. The summed E-state index contributed by atoms with van der Waals surface area (Å²) in [5, 5.41) is 9.70. The van der Waals surface area contributed by atoms with Gasteiger partial charge in [0.15, 0.2) is 17.4 Å². The first kappa shape index (κ1) is 24.5. The molecule has 0 unspecified atom stereocenters. The van der Waals surface area contributed by atoms with Gasteiger partial charge in [0, 0.05) is 63.3 Å². The van der Waals surface area contributed by atoms with E-state index in [0.717, 1.165) is 17.3 Å².